The monoisotopic (exact) mass is 482 g/mol. The number of halogens is 2. The van der Waals surface area contributed by atoms with Gasteiger partial charge in [-0.2, -0.15) is 12.2 Å². The first-order valence-corrected chi connectivity index (χ1v) is 10.2. The third kappa shape index (κ3) is 7.31. The SMILES string of the molecule is CC1(C2=[C-]CC=C2)CCCCC1.CC1(C2=[C-]CC=C2)CCCCC1.[Cl-].[Cl-].[Zr+4]. The molecule has 0 amide bonds. The van der Waals surface area contributed by atoms with Gasteiger partial charge in [-0.3, -0.25) is 12.2 Å². The molecule has 0 saturated heterocycles. The molecule has 0 aromatic heterocycles. The van der Waals surface area contributed by atoms with Crippen LogP contribution in [0.5, 0.6) is 0 Å². The molecule has 0 nitrogen and oxygen atoms in total. The summed E-state index contributed by atoms with van der Waals surface area (Å²) >= 11 is 0. The van der Waals surface area contributed by atoms with Crippen LogP contribution < -0.4 is 24.8 Å². The van der Waals surface area contributed by atoms with E-state index in [2.05, 4.69) is 50.3 Å². The summed E-state index contributed by atoms with van der Waals surface area (Å²) in [6, 6.07) is 0. The Hall–Kier alpha value is 0.423. The predicted octanol–water partition coefficient (Wildman–Crippen LogP) is 1.30. The summed E-state index contributed by atoms with van der Waals surface area (Å²) in [5.41, 5.74) is 3.93. The van der Waals surface area contributed by atoms with Gasteiger partial charge in [0.2, 0.25) is 0 Å². The van der Waals surface area contributed by atoms with Gasteiger partial charge in [-0.25, -0.2) is 23.3 Å². The van der Waals surface area contributed by atoms with Crippen LogP contribution in [-0.2, 0) is 26.2 Å². The molecule has 0 radical (unpaired) electrons. The van der Waals surface area contributed by atoms with Crippen LogP contribution in [0.3, 0.4) is 0 Å². The zero-order valence-electron chi connectivity index (χ0n) is 17.1. The van der Waals surface area contributed by atoms with Crippen molar-refractivity contribution in [1.82, 2.24) is 0 Å². The Morgan fingerprint density at radius 2 is 0.963 bits per heavy atom. The summed E-state index contributed by atoms with van der Waals surface area (Å²) in [4.78, 5) is 0. The van der Waals surface area contributed by atoms with Crippen molar-refractivity contribution in [2.45, 2.75) is 90.9 Å². The van der Waals surface area contributed by atoms with Crippen molar-refractivity contribution >= 4 is 0 Å². The van der Waals surface area contributed by atoms with Crippen LogP contribution >= 0.6 is 0 Å². The maximum absolute atomic E-state index is 3.47. The van der Waals surface area contributed by atoms with Gasteiger partial charge in [0.1, 0.15) is 0 Å². The summed E-state index contributed by atoms with van der Waals surface area (Å²) in [5.74, 6) is 0. The van der Waals surface area contributed by atoms with E-state index >= 15 is 0 Å². The first-order valence-electron chi connectivity index (χ1n) is 10.2. The van der Waals surface area contributed by atoms with E-state index in [1.54, 1.807) is 0 Å². The summed E-state index contributed by atoms with van der Waals surface area (Å²) in [6.45, 7) is 4.81. The van der Waals surface area contributed by atoms with Crippen LogP contribution in [0.25, 0.3) is 0 Å². The van der Waals surface area contributed by atoms with Crippen LogP contribution in [-0.4, -0.2) is 0 Å². The molecule has 4 rings (SSSR count). The topological polar surface area (TPSA) is 0 Å². The zero-order valence-corrected chi connectivity index (χ0v) is 21.0. The number of rotatable bonds is 2. The average molecular weight is 485 g/mol. The van der Waals surface area contributed by atoms with E-state index in [1.807, 2.05) is 0 Å². The Morgan fingerprint density at radius 3 is 1.22 bits per heavy atom. The molecule has 0 aliphatic heterocycles. The van der Waals surface area contributed by atoms with Crippen LogP contribution in [0, 0.1) is 23.0 Å². The average Bonchev–Trinajstić information content (AvgIpc) is 3.31. The molecule has 3 heteroatoms. The van der Waals surface area contributed by atoms with Gasteiger partial charge in [0, 0.05) is 0 Å². The molecule has 0 bridgehead atoms. The van der Waals surface area contributed by atoms with Gasteiger partial charge in [0.05, 0.1) is 0 Å². The van der Waals surface area contributed by atoms with E-state index in [-0.39, 0.29) is 51.0 Å². The van der Waals surface area contributed by atoms with E-state index in [4.69, 9.17) is 0 Å². The molecule has 0 heterocycles. The maximum Gasteiger partial charge on any atom is 4.00 e. The van der Waals surface area contributed by atoms with Crippen molar-refractivity contribution in [1.29, 1.82) is 0 Å². The molecule has 27 heavy (non-hydrogen) atoms. The minimum Gasteiger partial charge on any atom is -1.00 e. The van der Waals surface area contributed by atoms with Crippen molar-refractivity contribution in [2.75, 3.05) is 0 Å². The summed E-state index contributed by atoms with van der Waals surface area (Å²) < 4.78 is 0. The van der Waals surface area contributed by atoms with Gasteiger partial charge in [-0.1, -0.05) is 52.4 Å². The Labute approximate surface area is 199 Å². The first-order chi connectivity index (χ1) is 11.6. The number of allylic oxidation sites excluding steroid dienone is 8. The maximum atomic E-state index is 3.47. The Bertz CT molecular complexity index is 495. The molecule has 0 unspecified atom stereocenters. The zero-order chi connectivity index (χ0) is 16.9. The number of hydrogen-bond donors (Lipinski definition) is 0. The van der Waals surface area contributed by atoms with Gasteiger partial charge in [0.15, 0.2) is 0 Å². The fourth-order valence-electron chi connectivity index (χ4n) is 4.84. The van der Waals surface area contributed by atoms with Crippen molar-refractivity contribution in [2.24, 2.45) is 10.8 Å². The molecule has 2 saturated carbocycles. The smallest absolute Gasteiger partial charge is 1.00 e. The van der Waals surface area contributed by atoms with E-state index in [9.17, 15) is 0 Å². The van der Waals surface area contributed by atoms with Crippen molar-refractivity contribution in [3.05, 3.63) is 47.6 Å². The Balaban J connectivity index is 0.000000451. The van der Waals surface area contributed by atoms with E-state index < -0.39 is 0 Å². The predicted molar refractivity (Wildman–Crippen MR) is 103 cm³/mol. The summed E-state index contributed by atoms with van der Waals surface area (Å²) in [7, 11) is 0. The fourth-order valence-corrected chi connectivity index (χ4v) is 4.84. The van der Waals surface area contributed by atoms with Gasteiger partial charge in [0.25, 0.3) is 0 Å². The van der Waals surface area contributed by atoms with Gasteiger partial charge >= 0.3 is 26.2 Å². The van der Waals surface area contributed by atoms with Gasteiger partial charge in [-0.15, -0.1) is 12.8 Å². The Morgan fingerprint density at radius 1 is 0.630 bits per heavy atom. The van der Waals surface area contributed by atoms with E-state index in [0.717, 1.165) is 12.8 Å². The van der Waals surface area contributed by atoms with E-state index in [1.165, 1.54) is 75.4 Å². The van der Waals surface area contributed by atoms with Crippen LogP contribution in [0.1, 0.15) is 90.9 Å². The standard InChI is InChI=1S/2C12H17.2ClH.Zr/c2*1-12(9-5-2-6-10-12)11-7-3-4-8-11;;;/h2*3,7H,2,4-6,9-10H2,1H3;2*1H;/q2*-1;;;+4/p-2. The molecule has 148 valence electrons. The van der Waals surface area contributed by atoms with Gasteiger partial charge < -0.3 is 24.8 Å². The molecule has 0 aromatic carbocycles. The van der Waals surface area contributed by atoms with Gasteiger partial charge in [-0.05, 0) is 36.5 Å². The van der Waals surface area contributed by atoms with Crippen LogP contribution in [0.2, 0.25) is 0 Å². The second kappa shape index (κ2) is 12.9. The fraction of sp³-hybridized carbons (Fsp3) is 0.667. The number of hydrogen-bond acceptors (Lipinski definition) is 0. The molecule has 0 atom stereocenters. The molecular formula is C24H34Cl2Zr. The van der Waals surface area contributed by atoms with Crippen LogP contribution in [0.15, 0.2) is 35.5 Å². The van der Waals surface area contributed by atoms with E-state index in [0.29, 0.717) is 10.8 Å². The third-order valence-corrected chi connectivity index (χ3v) is 6.60. The Kier molecular flexibility index (Phi) is 13.1. The summed E-state index contributed by atoms with van der Waals surface area (Å²) in [6.07, 6.45) is 32.1. The van der Waals surface area contributed by atoms with Crippen LogP contribution in [0.4, 0.5) is 0 Å². The molecular weight excluding hydrogens is 450 g/mol. The third-order valence-electron chi connectivity index (χ3n) is 6.60. The quantitative estimate of drug-likeness (QED) is 0.519. The molecule has 2 fully saturated rings. The second-order valence-electron chi connectivity index (χ2n) is 8.64. The normalized spacial score (nSPS) is 24.2. The molecule has 0 aromatic rings. The second-order valence-corrected chi connectivity index (χ2v) is 8.64. The first kappa shape index (κ1) is 27.4. The minimum absolute atomic E-state index is 0. The molecule has 4 aliphatic rings. The minimum atomic E-state index is 0. The molecule has 4 aliphatic carbocycles. The van der Waals surface area contributed by atoms with Crippen molar-refractivity contribution < 1.29 is 51.0 Å². The largest absolute Gasteiger partial charge is 4.00 e. The van der Waals surface area contributed by atoms with Crippen molar-refractivity contribution in [3.63, 3.8) is 0 Å². The summed E-state index contributed by atoms with van der Waals surface area (Å²) in [5, 5.41) is 0. The molecule has 0 N–H and O–H groups in total. The van der Waals surface area contributed by atoms with Crippen molar-refractivity contribution in [3.8, 4) is 0 Å². The molecule has 0 spiro atoms.